The number of methoxy groups -OCH3 is 1. The van der Waals surface area contributed by atoms with Crippen LogP contribution >= 0.6 is 0 Å². The second kappa shape index (κ2) is 46.2. The Labute approximate surface area is 644 Å². The summed E-state index contributed by atoms with van der Waals surface area (Å²) in [5, 5.41) is 22.6. The van der Waals surface area contributed by atoms with Gasteiger partial charge in [0, 0.05) is 79.3 Å². The van der Waals surface area contributed by atoms with Gasteiger partial charge in [-0.15, -0.1) is 0 Å². The lowest BCUT2D eigenvalue weighted by Gasteiger charge is -2.34. The molecule has 0 saturated carbocycles. The van der Waals surface area contributed by atoms with Crippen LogP contribution in [0.4, 0.5) is 15.3 Å². The number of hydrogen-bond donors (Lipinski definition) is 10. The molecule has 0 spiro atoms. The quantitative estimate of drug-likeness (QED) is 0.0141. The van der Waals surface area contributed by atoms with Crippen LogP contribution in [0, 0.1) is 17.8 Å². The van der Waals surface area contributed by atoms with Gasteiger partial charge in [-0.1, -0.05) is 90.6 Å². The van der Waals surface area contributed by atoms with E-state index in [9.17, 15) is 81.5 Å². The molecule has 0 saturated heterocycles. The van der Waals surface area contributed by atoms with Gasteiger partial charge >= 0.3 is 30.1 Å². The first-order chi connectivity index (χ1) is 52.1. The molecule has 14 amide bonds. The number of hydrogen-bond acceptors (Lipinski definition) is 24. The van der Waals surface area contributed by atoms with Crippen molar-refractivity contribution in [2.45, 2.75) is 195 Å². The number of primary amides is 1. The first-order valence-electron chi connectivity index (χ1n) is 35.9. The van der Waals surface area contributed by atoms with Crippen molar-refractivity contribution in [1.29, 1.82) is 0 Å². The maximum atomic E-state index is 14.4. The summed E-state index contributed by atoms with van der Waals surface area (Å²) in [6, 6.07) is 3.17. The maximum absolute atomic E-state index is 14.4. The third-order valence-corrected chi connectivity index (χ3v) is 17.3. The summed E-state index contributed by atoms with van der Waals surface area (Å²) in [7, 11) is 5.00. The molecular weight excluding hydrogens is 1450 g/mol. The zero-order valence-corrected chi connectivity index (χ0v) is 65.5. The Kier molecular flexibility index (Phi) is 39.1. The Morgan fingerprint density at radius 2 is 1.19 bits per heavy atom. The second-order valence-electron chi connectivity index (χ2n) is 27.2. The summed E-state index contributed by atoms with van der Waals surface area (Å²) in [6.45, 7) is 20.5. The molecule has 0 unspecified atom stereocenters. The van der Waals surface area contributed by atoms with Gasteiger partial charge in [0.1, 0.15) is 60.8 Å². The van der Waals surface area contributed by atoms with Crippen molar-refractivity contribution in [3.05, 3.63) is 90.2 Å². The van der Waals surface area contributed by atoms with Gasteiger partial charge in [0.2, 0.25) is 47.3 Å². The molecule has 1 heterocycles. The number of carbonyl (C=O) groups excluding carboxylic acids is 17. The summed E-state index contributed by atoms with van der Waals surface area (Å²) < 4.78 is 38.7. The van der Waals surface area contributed by atoms with Crippen molar-refractivity contribution in [1.82, 2.24) is 57.2 Å². The van der Waals surface area contributed by atoms with Crippen LogP contribution in [-0.4, -0.2) is 243 Å². The summed E-state index contributed by atoms with van der Waals surface area (Å²) in [4.78, 5) is 228. The second-order valence-corrected chi connectivity index (χ2v) is 27.2. The summed E-state index contributed by atoms with van der Waals surface area (Å²) >= 11 is 0. The molecule has 0 bridgehead atoms. The van der Waals surface area contributed by atoms with E-state index in [1.54, 1.807) is 78.8 Å². The standard InChI is InChI=1S/C74H107N13O24/c1-39(2)58(83-54(90)31-34-106-35-33-87-55(91)29-30-56(87)92)68(98)82-52(24-21-32-77-73(75)103)66(96)81-51-27-25-50(26-28-51)38-107-74(104)111-63(41(5)6)61(80-48(13)89)72(102)110-62(40(3)4)60(67(97)76-14)84-65(95)45(10)85(15)69(99)43(8)78-64(94)44(9)86(16)70(100)53(37-49-22-19-18-20-23-49)109-71(101)59(79-47(12)88)46(11)108-57(93)36-42(7)105-17/h18-20,22-23,25-30,39-43,45-46,52-53,58-63H,9,21,24,31-38H2,1-8,10-17H3,(H,76,97)(H,78,94)(H,79,88)(H,80,89)(H,81,96)(H,82,98)(H,83,90)(H,84,95)(H3,75,77,103)/t42-,43+,45+,46-,52+,53-,58+,59+,60+,61+,62-,63-/m1/s1. The number of nitrogens with two attached hydrogens (primary N) is 1. The fourth-order valence-electron chi connectivity index (χ4n) is 10.7. The number of ether oxygens (including phenoxy) is 7. The molecule has 111 heavy (non-hydrogen) atoms. The first-order valence-corrected chi connectivity index (χ1v) is 35.9. The lowest BCUT2D eigenvalue weighted by Crippen LogP contribution is -2.61. The molecule has 3 rings (SSSR count). The van der Waals surface area contributed by atoms with Crippen LogP contribution in [0.25, 0.3) is 0 Å². The topological polar surface area (TPSA) is 499 Å². The molecule has 2 aromatic carbocycles. The van der Waals surface area contributed by atoms with Crippen LogP contribution in [0.5, 0.6) is 0 Å². The van der Waals surface area contributed by atoms with Gasteiger partial charge in [-0.3, -0.25) is 67.2 Å². The Hall–Kier alpha value is -11.4. The predicted molar refractivity (Wildman–Crippen MR) is 396 cm³/mol. The zero-order chi connectivity index (χ0) is 83.7. The molecule has 1 aliphatic heterocycles. The van der Waals surface area contributed by atoms with E-state index < -0.39 is 204 Å². The molecule has 0 radical (unpaired) electrons. The molecular formula is C74H107N13O24. The molecule has 0 fully saturated rings. The molecule has 2 aromatic rings. The lowest BCUT2D eigenvalue weighted by molar-refractivity contribution is -0.167. The monoisotopic (exact) mass is 1560 g/mol. The van der Waals surface area contributed by atoms with E-state index >= 15 is 0 Å². The van der Waals surface area contributed by atoms with E-state index in [4.69, 9.17) is 38.9 Å². The summed E-state index contributed by atoms with van der Waals surface area (Å²) in [5.41, 5.74) is 5.79. The van der Waals surface area contributed by atoms with Gasteiger partial charge in [-0.05, 0) is 81.5 Å². The zero-order valence-electron chi connectivity index (χ0n) is 65.5. The van der Waals surface area contributed by atoms with Crippen molar-refractivity contribution in [2.75, 3.05) is 59.9 Å². The van der Waals surface area contributed by atoms with E-state index in [1.807, 2.05) is 0 Å². The minimum atomic E-state index is -1.76. The fourth-order valence-corrected chi connectivity index (χ4v) is 10.7. The number of urea groups is 1. The Balaban J connectivity index is 1.72. The number of nitrogens with zero attached hydrogens (tertiary/aromatic N) is 3. The van der Waals surface area contributed by atoms with Crippen LogP contribution in [0.2, 0.25) is 0 Å². The Bertz CT molecular complexity index is 3650. The fraction of sp³-hybridized carbons (Fsp3) is 0.554. The van der Waals surface area contributed by atoms with Crippen LogP contribution in [0.1, 0.15) is 120 Å². The number of benzene rings is 2. The number of nitrogens with one attached hydrogen (secondary N) is 9. The molecule has 11 N–H and O–H groups in total. The van der Waals surface area contributed by atoms with Crippen LogP contribution in [0.15, 0.2) is 79.0 Å². The maximum Gasteiger partial charge on any atom is 0.508 e. The number of anilines is 1. The van der Waals surface area contributed by atoms with Crippen LogP contribution < -0.4 is 53.6 Å². The molecule has 1 aliphatic rings. The number of esters is 3. The van der Waals surface area contributed by atoms with Crippen molar-refractivity contribution in [3.63, 3.8) is 0 Å². The third-order valence-electron chi connectivity index (χ3n) is 17.3. The Morgan fingerprint density at radius 3 is 1.75 bits per heavy atom. The van der Waals surface area contributed by atoms with E-state index in [2.05, 4.69) is 54.4 Å². The number of rotatable bonds is 45. The number of amides is 14. The van der Waals surface area contributed by atoms with Crippen LogP contribution in [-0.2, 0) is 118 Å². The minimum absolute atomic E-state index is 0.00162. The SMILES string of the molecule is C=C(C(=O)N[C@@H](C)C(=O)N(C)[C@@H](C)C(=O)N[C@H](C(=O)NC)[C@H](OC(=O)[C@@H](NC(C)=O)[C@H](OC(=O)OCc1ccc(NC(=O)[C@H](CCCNC(N)=O)NC(=O)[C@@H](NC(=O)CCOCCN2C(=O)C=CC2=O)C(C)C)cc1)C(C)C)C(C)C)N(C)C(=O)[C@@H](Cc1ccccc1)OC(=O)[C@@H](NC(C)=O)[C@@H](C)OC(=O)C[C@@H](C)OC. The normalized spacial score (nSPS) is 15.0. The minimum Gasteiger partial charge on any atom is -0.460 e. The highest BCUT2D eigenvalue weighted by atomic mass is 16.7. The van der Waals surface area contributed by atoms with E-state index in [0.717, 1.165) is 47.7 Å². The van der Waals surface area contributed by atoms with Crippen molar-refractivity contribution >= 4 is 107 Å². The predicted octanol–water partition coefficient (Wildman–Crippen LogP) is 0.352. The average Bonchev–Trinajstić information content (AvgIpc) is 1.47. The third kappa shape index (κ3) is 31.3. The number of imide groups is 1. The molecule has 12 atom stereocenters. The van der Waals surface area contributed by atoms with Gasteiger partial charge in [-0.25, -0.2) is 19.2 Å². The highest BCUT2D eigenvalue weighted by Gasteiger charge is 2.43. The molecule has 0 aliphatic carbocycles. The van der Waals surface area contributed by atoms with Gasteiger partial charge in [0.05, 0.1) is 32.3 Å². The van der Waals surface area contributed by atoms with E-state index in [-0.39, 0.29) is 64.1 Å². The molecule has 37 nitrogen and oxygen atoms in total. The lowest BCUT2D eigenvalue weighted by atomic mass is 9.96. The van der Waals surface area contributed by atoms with Gasteiger partial charge in [-0.2, -0.15) is 0 Å². The van der Waals surface area contributed by atoms with E-state index in [0.29, 0.717) is 11.1 Å². The largest absolute Gasteiger partial charge is 0.508 e. The smallest absolute Gasteiger partial charge is 0.460 e. The van der Waals surface area contributed by atoms with Crippen LogP contribution in [0.3, 0.4) is 0 Å². The number of carbonyl (C=O) groups is 17. The van der Waals surface area contributed by atoms with E-state index in [1.165, 1.54) is 66.2 Å². The first kappa shape index (κ1) is 93.8. The molecule has 0 aromatic heterocycles. The van der Waals surface area contributed by atoms with Crippen molar-refractivity contribution in [2.24, 2.45) is 23.5 Å². The van der Waals surface area contributed by atoms with Crippen molar-refractivity contribution in [3.8, 4) is 0 Å². The van der Waals surface area contributed by atoms with Crippen molar-refractivity contribution < 1.29 is 115 Å². The average molecular weight is 1560 g/mol. The highest BCUT2D eigenvalue weighted by Crippen LogP contribution is 2.22. The van der Waals surface area contributed by atoms with Gasteiger partial charge in [0.25, 0.3) is 23.6 Å². The molecule has 612 valence electrons. The summed E-state index contributed by atoms with van der Waals surface area (Å²) in [6.07, 6.45) is -6.00. The molecule has 37 heteroatoms. The van der Waals surface area contributed by atoms with Gasteiger partial charge in [0.15, 0.2) is 18.2 Å². The van der Waals surface area contributed by atoms with Gasteiger partial charge < -0.3 is 96.5 Å². The summed E-state index contributed by atoms with van der Waals surface area (Å²) in [5.74, 6) is -14.2. The number of likely N-dealkylation sites (N-methyl/N-ethyl adjacent to an activating group) is 3. The Morgan fingerprint density at radius 1 is 0.604 bits per heavy atom. The highest BCUT2D eigenvalue weighted by molar-refractivity contribution is 6.13.